The number of rotatable bonds is 3. The summed E-state index contributed by atoms with van der Waals surface area (Å²) in [5.74, 6) is -0.497. The van der Waals surface area contributed by atoms with Gasteiger partial charge < -0.3 is 5.32 Å². The van der Waals surface area contributed by atoms with E-state index in [2.05, 4.69) is 21.2 Å². The Bertz CT molecular complexity index is 671. The first-order valence-electron chi connectivity index (χ1n) is 6.69. The smallest absolute Gasteiger partial charge is 0.147 e. The van der Waals surface area contributed by atoms with E-state index in [0.29, 0.717) is 5.92 Å². The Morgan fingerprint density at radius 2 is 1.86 bits per heavy atom. The van der Waals surface area contributed by atoms with Crippen LogP contribution in [-0.4, -0.2) is 6.04 Å². The fourth-order valence-electron chi connectivity index (χ4n) is 2.62. The van der Waals surface area contributed by atoms with Gasteiger partial charge in [-0.25, -0.2) is 8.78 Å². The Morgan fingerprint density at radius 1 is 1.10 bits per heavy atom. The fraction of sp³-hybridized carbons (Fsp3) is 0.250. The number of hydrogen-bond acceptors (Lipinski definition) is 1. The molecule has 0 unspecified atom stereocenters. The maximum Gasteiger partial charge on any atom is 0.147 e. The summed E-state index contributed by atoms with van der Waals surface area (Å²) < 4.78 is 27.3. The van der Waals surface area contributed by atoms with Gasteiger partial charge in [-0.05, 0) is 58.5 Å². The van der Waals surface area contributed by atoms with Gasteiger partial charge in [0.1, 0.15) is 11.6 Å². The normalized spacial score (nSPS) is 21.0. The predicted molar refractivity (Wildman–Crippen MR) is 84.9 cm³/mol. The van der Waals surface area contributed by atoms with Gasteiger partial charge in [-0.3, -0.25) is 0 Å². The van der Waals surface area contributed by atoms with Crippen LogP contribution in [0.4, 0.5) is 14.5 Å². The van der Waals surface area contributed by atoms with Crippen LogP contribution in [0.2, 0.25) is 5.02 Å². The van der Waals surface area contributed by atoms with E-state index in [-0.39, 0.29) is 16.2 Å². The maximum atomic E-state index is 13.7. The third-order valence-electron chi connectivity index (χ3n) is 3.83. The van der Waals surface area contributed by atoms with Crippen LogP contribution in [-0.2, 0) is 0 Å². The Kier molecular flexibility index (Phi) is 4.18. The van der Waals surface area contributed by atoms with Crippen molar-refractivity contribution in [2.24, 2.45) is 0 Å². The van der Waals surface area contributed by atoms with Crippen LogP contribution in [0.25, 0.3) is 0 Å². The second kappa shape index (κ2) is 5.93. The van der Waals surface area contributed by atoms with Crippen LogP contribution in [0.1, 0.15) is 24.3 Å². The van der Waals surface area contributed by atoms with Crippen LogP contribution in [0.5, 0.6) is 0 Å². The summed E-state index contributed by atoms with van der Waals surface area (Å²) in [6.07, 6.45) is 1.77. The van der Waals surface area contributed by atoms with Crippen molar-refractivity contribution in [2.45, 2.75) is 24.8 Å². The standard InChI is InChI=1S/C16H13BrClF2N/c17-13-7-15(20)16(8-14(13)19)21-12-5-10(6-12)9-2-1-3-11(18)4-9/h1-4,7-8,10,12,21H,5-6H2. The van der Waals surface area contributed by atoms with E-state index in [1.165, 1.54) is 11.6 Å². The molecule has 2 aromatic rings. The lowest BCUT2D eigenvalue weighted by Crippen LogP contribution is -2.34. The molecule has 3 rings (SSSR count). The van der Waals surface area contributed by atoms with Crippen LogP contribution in [0.3, 0.4) is 0 Å². The molecule has 0 spiro atoms. The molecule has 0 aliphatic heterocycles. The Balaban J connectivity index is 1.64. The lowest BCUT2D eigenvalue weighted by atomic mass is 9.76. The highest BCUT2D eigenvalue weighted by Crippen LogP contribution is 2.39. The zero-order valence-electron chi connectivity index (χ0n) is 11.0. The molecule has 0 heterocycles. The van der Waals surface area contributed by atoms with Crippen molar-refractivity contribution in [3.05, 3.63) is 63.1 Å². The van der Waals surface area contributed by atoms with Gasteiger partial charge in [0.2, 0.25) is 0 Å². The molecule has 0 atom stereocenters. The Labute approximate surface area is 135 Å². The molecule has 0 bridgehead atoms. The van der Waals surface area contributed by atoms with Crippen molar-refractivity contribution >= 4 is 33.2 Å². The van der Waals surface area contributed by atoms with Crippen molar-refractivity contribution in [3.63, 3.8) is 0 Å². The lowest BCUT2D eigenvalue weighted by molar-refractivity contribution is 0.372. The second-order valence-corrected chi connectivity index (χ2v) is 6.60. The molecule has 0 amide bonds. The quantitative estimate of drug-likeness (QED) is 0.678. The van der Waals surface area contributed by atoms with Gasteiger partial charge in [-0.15, -0.1) is 0 Å². The van der Waals surface area contributed by atoms with E-state index in [1.807, 2.05) is 24.3 Å². The SMILES string of the molecule is Fc1cc(NC2CC(c3cccc(Cl)c3)C2)c(F)cc1Br. The zero-order chi connectivity index (χ0) is 15.0. The van der Waals surface area contributed by atoms with Gasteiger partial charge in [0, 0.05) is 17.1 Å². The van der Waals surface area contributed by atoms with Gasteiger partial charge in [0.05, 0.1) is 10.2 Å². The van der Waals surface area contributed by atoms with Crippen molar-refractivity contribution in [2.75, 3.05) is 5.32 Å². The zero-order valence-corrected chi connectivity index (χ0v) is 13.4. The van der Waals surface area contributed by atoms with Gasteiger partial charge in [0.25, 0.3) is 0 Å². The molecule has 0 aromatic heterocycles. The molecule has 110 valence electrons. The summed E-state index contributed by atoms with van der Waals surface area (Å²) >= 11 is 8.95. The molecular weight excluding hydrogens is 360 g/mol. The third-order valence-corrected chi connectivity index (χ3v) is 4.67. The molecule has 1 aliphatic carbocycles. The average molecular weight is 373 g/mol. The summed E-state index contributed by atoms with van der Waals surface area (Å²) in [6, 6.07) is 10.3. The molecule has 0 saturated heterocycles. The minimum absolute atomic E-state index is 0.135. The molecular formula is C16H13BrClF2N. The van der Waals surface area contributed by atoms with E-state index in [1.54, 1.807) is 0 Å². The molecule has 5 heteroatoms. The highest BCUT2D eigenvalue weighted by atomic mass is 79.9. The van der Waals surface area contributed by atoms with Crippen molar-refractivity contribution in [1.82, 2.24) is 0 Å². The molecule has 1 saturated carbocycles. The Hall–Kier alpha value is -1.13. The summed E-state index contributed by atoms with van der Waals surface area (Å²) in [7, 11) is 0. The van der Waals surface area contributed by atoms with E-state index in [9.17, 15) is 8.78 Å². The molecule has 1 fully saturated rings. The largest absolute Gasteiger partial charge is 0.380 e. The first-order valence-corrected chi connectivity index (χ1v) is 7.86. The first kappa shape index (κ1) is 14.8. The molecule has 0 radical (unpaired) electrons. The maximum absolute atomic E-state index is 13.7. The van der Waals surface area contributed by atoms with Gasteiger partial charge >= 0.3 is 0 Å². The number of halogens is 4. The van der Waals surface area contributed by atoms with Crippen LogP contribution < -0.4 is 5.32 Å². The average Bonchev–Trinajstić information content (AvgIpc) is 2.39. The van der Waals surface area contributed by atoms with E-state index >= 15 is 0 Å². The monoisotopic (exact) mass is 371 g/mol. The van der Waals surface area contributed by atoms with Crippen molar-refractivity contribution in [3.8, 4) is 0 Å². The summed E-state index contributed by atoms with van der Waals surface area (Å²) in [4.78, 5) is 0. The lowest BCUT2D eigenvalue weighted by Gasteiger charge is -2.37. The highest BCUT2D eigenvalue weighted by molar-refractivity contribution is 9.10. The first-order chi connectivity index (χ1) is 10.0. The molecule has 1 aliphatic rings. The second-order valence-electron chi connectivity index (χ2n) is 5.31. The van der Waals surface area contributed by atoms with Crippen molar-refractivity contribution in [1.29, 1.82) is 0 Å². The topological polar surface area (TPSA) is 12.0 Å². The highest BCUT2D eigenvalue weighted by Gasteiger charge is 2.30. The van der Waals surface area contributed by atoms with Crippen LogP contribution >= 0.6 is 27.5 Å². The van der Waals surface area contributed by atoms with Crippen LogP contribution in [0.15, 0.2) is 40.9 Å². The molecule has 2 aromatic carbocycles. The summed E-state index contributed by atoms with van der Waals surface area (Å²) in [5.41, 5.74) is 1.41. The van der Waals surface area contributed by atoms with E-state index in [0.717, 1.165) is 23.9 Å². The number of anilines is 1. The molecule has 1 N–H and O–H groups in total. The molecule has 1 nitrogen and oxygen atoms in total. The van der Waals surface area contributed by atoms with Crippen molar-refractivity contribution < 1.29 is 8.78 Å². The van der Waals surface area contributed by atoms with Gasteiger partial charge in [-0.1, -0.05) is 23.7 Å². The van der Waals surface area contributed by atoms with Crippen LogP contribution in [0, 0.1) is 11.6 Å². The predicted octanol–water partition coefficient (Wildman–Crippen LogP) is 5.74. The number of hydrogen-bond donors (Lipinski definition) is 1. The van der Waals surface area contributed by atoms with Gasteiger partial charge in [-0.2, -0.15) is 0 Å². The summed E-state index contributed by atoms with van der Waals surface area (Å²) in [5, 5.41) is 3.79. The minimum atomic E-state index is -0.468. The number of benzene rings is 2. The summed E-state index contributed by atoms with van der Waals surface area (Å²) in [6.45, 7) is 0. The Morgan fingerprint density at radius 3 is 2.57 bits per heavy atom. The minimum Gasteiger partial charge on any atom is -0.380 e. The van der Waals surface area contributed by atoms with E-state index < -0.39 is 11.6 Å². The third kappa shape index (κ3) is 3.22. The molecule has 21 heavy (non-hydrogen) atoms. The fourth-order valence-corrected chi connectivity index (χ4v) is 3.14. The van der Waals surface area contributed by atoms with E-state index in [4.69, 9.17) is 11.6 Å². The van der Waals surface area contributed by atoms with Gasteiger partial charge in [0.15, 0.2) is 0 Å². The number of nitrogens with one attached hydrogen (secondary N) is 1.